The number of carboxylic acid groups (broad SMARTS) is 1. The fraction of sp³-hybridized carbons (Fsp3) is 0.0833. The van der Waals surface area contributed by atoms with Crippen molar-refractivity contribution in [2.24, 2.45) is 0 Å². The van der Waals surface area contributed by atoms with Crippen molar-refractivity contribution in [3.05, 3.63) is 41.7 Å². The van der Waals surface area contributed by atoms with Crippen LogP contribution in [0.1, 0.15) is 10.4 Å². The fourth-order valence-corrected chi connectivity index (χ4v) is 1.43. The molecule has 0 unspecified atom stereocenters. The number of nitrogens with zero attached hydrogens (tertiary/aromatic N) is 2. The average Bonchev–Trinajstić information content (AvgIpc) is 2.39. The molecular weight excluding hydrogens is 253 g/mol. The van der Waals surface area contributed by atoms with Gasteiger partial charge in [0.05, 0.1) is 7.11 Å². The van der Waals surface area contributed by atoms with Gasteiger partial charge in [0, 0.05) is 11.8 Å². The van der Waals surface area contributed by atoms with E-state index in [1.807, 2.05) is 0 Å². The Bertz CT molecular complexity index is 619. The van der Waals surface area contributed by atoms with Crippen LogP contribution in [0.25, 0.3) is 0 Å². The standard InChI is InChI=1S/C12H10FN3O3/c1-19-10-6-9(12(17)18)11(16-15-10)14-8-4-2-3-7(13)5-8/h2-6H,1H3,(H,14,16)(H,17,18). The van der Waals surface area contributed by atoms with E-state index in [0.29, 0.717) is 5.69 Å². The normalized spacial score (nSPS) is 10.0. The van der Waals surface area contributed by atoms with Crippen LogP contribution in [0.4, 0.5) is 15.9 Å². The summed E-state index contributed by atoms with van der Waals surface area (Å²) in [7, 11) is 1.36. The van der Waals surface area contributed by atoms with Crippen LogP contribution in [0.5, 0.6) is 5.88 Å². The maximum Gasteiger partial charge on any atom is 0.339 e. The number of aromatic nitrogens is 2. The molecule has 1 heterocycles. The molecular formula is C12H10FN3O3. The Kier molecular flexibility index (Phi) is 3.56. The Morgan fingerprint density at radius 3 is 2.79 bits per heavy atom. The highest BCUT2D eigenvalue weighted by atomic mass is 19.1. The van der Waals surface area contributed by atoms with Gasteiger partial charge in [-0.3, -0.25) is 0 Å². The van der Waals surface area contributed by atoms with E-state index in [0.717, 1.165) is 0 Å². The lowest BCUT2D eigenvalue weighted by Gasteiger charge is -2.08. The summed E-state index contributed by atoms with van der Waals surface area (Å²) in [5.74, 6) is -1.53. The van der Waals surface area contributed by atoms with Crippen molar-refractivity contribution in [2.45, 2.75) is 0 Å². The molecule has 1 aromatic carbocycles. The molecule has 1 aromatic heterocycles. The first-order valence-electron chi connectivity index (χ1n) is 5.28. The van der Waals surface area contributed by atoms with Crippen LogP contribution in [0, 0.1) is 5.82 Å². The number of anilines is 2. The van der Waals surface area contributed by atoms with Gasteiger partial charge >= 0.3 is 5.97 Å². The Balaban J connectivity index is 2.36. The summed E-state index contributed by atoms with van der Waals surface area (Å²) >= 11 is 0. The summed E-state index contributed by atoms with van der Waals surface area (Å²) in [6.07, 6.45) is 0. The number of hydrogen-bond donors (Lipinski definition) is 2. The highest BCUT2D eigenvalue weighted by molar-refractivity contribution is 5.94. The highest BCUT2D eigenvalue weighted by Crippen LogP contribution is 2.21. The molecule has 0 atom stereocenters. The topological polar surface area (TPSA) is 84.3 Å². The maximum atomic E-state index is 13.0. The molecule has 19 heavy (non-hydrogen) atoms. The van der Waals surface area contributed by atoms with Crippen molar-refractivity contribution < 1.29 is 19.0 Å². The number of carbonyl (C=O) groups is 1. The van der Waals surface area contributed by atoms with Gasteiger partial charge in [-0.15, -0.1) is 10.2 Å². The van der Waals surface area contributed by atoms with E-state index in [-0.39, 0.29) is 17.3 Å². The Hall–Kier alpha value is -2.70. The molecule has 0 bridgehead atoms. The van der Waals surface area contributed by atoms with E-state index in [2.05, 4.69) is 15.5 Å². The van der Waals surface area contributed by atoms with Gasteiger partial charge in [-0.1, -0.05) is 6.07 Å². The molecule has 98 valence electrons. The number of hydrogen-bond acceptors (Lipinski definition) is 5. The van der Waals surface area contributed by atoms with Gasteiger partial charge in [0.15, 0.2) is 5.82 Å². The second kappa shape index (κ2) is 5.30. The third-order valence-electron chi connectivity index (χ3n) is 2.30. The van der Waals surface area contributed by atoms with E-state index >= 15 is 0 Å². The second-order valence-corrected chi connectivity index (χ2v) is 3.59. The predicted molar refractivity (Wildman–Crippen MR) is 65.2 cm³/mol. The predicted octanol–water partition coefficient (Wildman–Crippen LogP) is 2.07. The van der Waals surface area contributed by atoms with E-state index in [1.165, 1.54) is 31.4 Å². The largest absolute Gasteiger partial charge is 0.480 e. The molecule has 0 fully saturated rings. The van der Waals surface area contributed by atoms with Crippen molar-refractivity contribution in [3.63, 3.8) is 0 Å². The van der Waals surface area contributed by atoms with Crippen LogP contribution in [0.2, 0.25) is 0 Å². The first-order chi connectivity index (χ1) is 9.10. The van der Waals surface area contributed by atoms with Crippen LogP contribution in [-0.4, -0.2) is 28.4 Å². The van der Waals surface area contributed by atoms with E-state index in [4.69, 9.17) is 9.84 Å². The van der Waals surface area contributed by atoms with Gasteiger partial charge in [0.25, 0.3) is 0 Å². The molecule has 2 aromatic rings. The Morgan fingerprint density at radius 2 is 2.16 bits per heavy atom. The first kappa shape index (κ1) is 12.7. The average molecular weight is 263 g/mol. The maximum absolute atomic E-state index is 13.0. The van der Waals surface area contributed by atoms with Crippen molar-refractivity contribution in [3.8, 4) is 5.88 Å². The van der Waals surface area contributed by atoms with Crippen molar-refractivity contribution in [1.82, 2.24) is 10.2 Å². The summed E-state index contributed by atoms with van der Waals surface area (Å²) in [5, 5.41) is 19.2. The number of halogens is 1. The zero-order chi connectivity index (χ0) is 13.8. The van der Waals surface area contributed by atoms with E-state index in [9.17, 15) is 9.18 Å². The summed E-state index contributed by atoms with van der Waals surface area (Å²) in [4.78, 5) is 11.1. The monoisotopic (exact) mass is 263 g/mol. The van der Waals surface area contributed by atoms with E-state index < -0.39 is 11.8 Å². The van der Waals surface area contributed by atoms with Gasteiger partial charge in [-0.25, -0.2) is 9.18 Å². The molecule has 0 radical (unpaired) electrons. The summed E-state index contributed by atoms with van der Waals surface area (Å²) < 4.78 is 17.8. The van der Waals surface area contributed by atoms with Gasteiger partial charge < -0.3 is 15.2 Å². The third-order valence-corrected chi connectivity index (χ3v) is 2.30. The molecule has 0 aliphatic heterocycles. The molecule has 0 saturated heterocycles. The Morgan fingerprint density at radius 1 is 1.37 bits per heavy atom. The highest BCUT2D eigenvalue weighted by Gasteiger charge is 2.14. The molecule has 0 saturated carbocycles. The first-order valence-corrected chi connectivity index (χ1v) is 5.28. The van der Waals surface area contributed by atoms with Crippen molar-refractivity contribution >= 4 is 17.5 Å². The lowest BCUT2D eigenvalue weighted by atomic mass is 10.2. The zero-order valence-corrected chi connectivity index (χ0v) is 9.92. The summed E-state index contributed by atoms with van der Waals surface area (Å²) in [5.41, 5.74) is 0.262. The molecule has 0 spiro atoms. The van der Waals surface area contributed by atoms with Crippen LogP contribution in [-0.2, 0) is 0 Å². The molecule has 6 nitrogen and oxygen atoms in total. The molecule has 0 amide bonds. The molecule has 7 heteroatoms. The summed E-state index contributed by atoms with van der Waals surface area (Å²) in [6.45, 7) is 0. The number of carboxylic acids is 1. The quantitative estimate of drug-likeness (QED) is 0.878. The molecule has 0 aliphatic carbocycles. The van der Waals surface area contributed by atoms with Crippen molar-refractivity contribution in [1.29, 1.82) is 0 Å². The number of methoxy groups -OCH3 is 1. The van der Waals surface area contributed by atoms with Crippen LogP contribution in [0.15, 0.2) is 30.3 Å². The molecule has 2 rings (SSSR count). The molecule has 2 N–H and O–H groups in total. The minimum Gasteiger partial charge on any atom is -0.480 e. The second-order valence-electron chi connectivity index (χ2n) is 3.59. The van der Waals surface area contributed by atoms with Gasteiger partial charge in [0.2, 0.25) is 5.88 Å². The van der Waals surface area contributed by atoms with Crippen LogP contribution in [0.3, 0.4) is 0 Å². The van der Waals surface area contributed by atoms with Gasteiger partial charge in [-0.05, 0) is 18.2 Å². The number of nitrogens with one attached hydrogen (secondary N) is 1. The lowest BCUT2D eigenvalue weighted by Crippen LogP contribution is -2.07. The van der Waals surface area contributed by atoms with Gasteiger partial charge in [0.1, 0.15) is 11.4 Å². The van der Waals surface area contributed by atoms with Crippen molar-refractivity contribution in [2.75, 3.05) is 12.4 Å². The SMILES string of the molecule is COc1cc(C(=O)O)c(Nc2cccc(F)c2)nn1. The number of aromatic carboxylic acids is 1. The minimum absolute atomic E-state index is 0.0129. The molecule has 0 aliphatic rings. The number of benzene rings is 1. The zero-order valence-electron chi connectivity index (χ0n) is 9.92. The fourth-order valence-electron chi connectivity index (χ4n) is 1.43. The lowest BCUT2D eigenvalue weighted by molar-refractivity contribution is 0.0697. The smallest absolute Gasteiger partial charge is 0.339 e. The third kappa shape index (κ3) is 2.95. The minimum atomic E-state index is -1.19. The van der Waals surface area contributed by atoms with Crippen LogP contribution < -0.4 is 10.1 Å². The Labute approximate surface area is 107 Å². The number of rotatable bonds is 4. The van der Waals surface area contributed by atoms with Gasteiger partial charge in [-0.2, -0.15) is 0 Å². The number of ether oxygens (including phenoxy) is 1. The summed E-state index contributed by atoms with van der Waals surface area (Å²) in [6, 6.07) is 6.81. The van der Waals surface area contributed by atoms with E-state index in [1.54, 1.807) is 6.07 Å². The van der Waals surface area contributed by atoms with Crippen LogP contribution >= 0.6 is 0 Å².